The molecule has 0 bridgehead atoms. The number of nitrogens with one attached hydrogen (secondary N) is 2. The minimum Gasteiger partial charge on any atom is -0.494 e. The van der Waals surface area contributed by atoms with E-state index < -0.39 is 0 Å². The zero-order chi connectivity index (χ0) is 21.5. The van der Waals surface area contributed by atoms with Crippen molar-refractivity contribution in [3.63, 3.8) is 0 Å². The van der Waals surface area contributed by atoms with Gasteiger partial charge in [-0.05, 0) is 68.6 Å². The Kier molecular flexibility index (Phi) is 7.71. The van der Waals surface area contributed by atoms with Crippen molar-refractivity contribution in [2.24, 2.45) is 0 Å². The van der Waals surface area contributed by atoms with Crippen LogP contribution < -0.4 is 15.4 Å². The molecule has 160 valence electrons. The van der Waals surface area contributed by atoms with E-state index in [1.165, 1.54) is 5.56 Å². The number of rotatable bonds is 8. The van der Waals surface area contributed by atoms with Gasteiger partial charge in [0, 0.05) is 16.8 Å². The van der Waals surface area contributed by atoms with Crippen LogP contribution in [0.3, 0.4) is 0 Å². The molecule has 1 fully saturated rings. The fourth-order valence-corrected chi connectivity index (χ4v) is 3.88. The second kappa shape index (κ2) is 10.5. The van der Waals surface area contributed by atoms with Gasteiger partial charge in [0.15, 0.2) is 0 Å². The minimum absolute atomic E-state index is 0.0770. The van der Waals surface area contributed by atoms with Crippen LogP contribution in [0.1, 0.15) is 36.9 Å². The molecule has 0 aromatic heterocycles. The third-order valence-electron chi connectivity index (χ3n) is 5.27. The predicted octanol–water partition coefficient (Wildman–Crippen LogP) is 3.94. The van der Waals surface area contributed by atoms with Gasteiger partial charge in [-0.3, -0.25) is 14.5 Å². The highest BCUT2D eigenvalue weighted by Crippen LogP contribution is 2.32. The maximum absolute atomic E-state index is 12.4. The lowest BCUT2D eigenvalue weighted by molar-refractivity contribution is -0.125. The molecule has 1 atom stereocenters. The normalized spacial score (nSPS) is 16.3. The van der Waals surface area contributed by atoms with E-state index in [4.69, 9.17) is 16.3 Å². The van der Waals surface area contributed by atoms with E-state index in [1.54, 1.807) is 18.2 Å². The Morgan fingerprint density at radius 1 is 1.17 bits per heavy atom. The summed E-state index contributed by atoms with van der Waals surface area (Å²) in [5.41, 5.74) is 2.63. The van der Waals surface area contributed by atoms with Crippen molar-refractivity contribution in [2.75, 3.05) is 31.6 Å². The first kappa shape index (κ1) is 22.1. The Morgan fingerprint density at radius 2 is 1.93 bits per heavy atom. The molecule has 2 aromatic carbocycles. The molecule has 3 rings (SSSR count). The highest BCUT2D eigenvalue weighted by molar-refractivity contribution is 6.31. The molecule has 1 unspecified atom stereocenters. The Labute approximate surface area is 182 Å². The third-order valence-corrected chi connectivity index (χ3v) is 5.68. The average Bonchev–Trinajstić information content (AvgIpc) is 3.19. The van der Waals surface area contributed by atoms with E-state index in [0.717, 1.165) is 30.7 Å². The summed E-state index contributed by atoms with van der Waals surface area (Å²) in [6, 6.07) is 13.6. The number of benzene rings is 2. The molecule has 2 amide bonds. The maximum Gasteiger partial charge on any atom is 0.243 e. The van der Waals surface area contributed by atoms with Gasteiger partial charge >= 0.3 is 0 Å². The second-order valence-electron chi connectivity index (χ2n) is 7.37. The zero-order valence-electron chi connectivity index (χ0n) is 17.4. The molecule has 1 aliphatic heterocycles. The number of anilines is 1. The lowest BCUT2D eigenvalue weighted by Crippen LogP contribution is -2.40. The number of ether oxygens (including phenoxy) is 1. The van der Waals surface area contributed by atoms with E-state index in [9.17, 15) is 9.59 Å². The fourth-order valence-electron chi connectivity index (χ4n) is 3.70. The predicted molar refractivity (Wildman–Crippen MR) is 119 cm³/mol. The summed E-state index contributed by atoms with van der Waals surface area (Å²) in [5, 5.41) is 6.09. The van der Waals surface area contributed by atoms with E-state index in [-0.39, 0.29) is 30.9 Å². The van der Waals surface area contributed by atoms with Crippen molar-refractivity contribution >= 4 is 29.1 Å². The first-order chi connectivity index (χ1) is 14.5. The number of carbonyl (C=O) groups excluding carboxylic acids is 2. The molecule has 0 spiro atoms. The number of nitrogens with zero attached hydrogens (tertiary/aromatic N) is 1. The Bertz CT molecular complexity index is 886. The molecule has 0 aliphatic carbocycles. The number of amides is 2. The van der Waals surface area contributed by atoms with Gasteiger partial charge in [0.05, 0.1) is 19.7 Å². The lowest BCUT2D eigenvalue weighted by atomic mass is 10.0. The SMILES string of the molecule is CCOc1ccc(C2CCCN2CC(=O)NCC(=O)Nc2cccc(Cl)c2C)cc1. The highest BCUT2D eigenvalue weighted by Gasteiger charge is 2.27. The Morgan fingerprint density at radius 3 is 2.67 bits per heavy atom. The van der Waals surface area contributed by atoms with Crippen LogP contribution in [0.2, 0.25) is 5.02 Å². The summed E-state index contributed by atoms with van der Waals surface area (Å²) >= 11 is 6.07. The molecule has 0 saturated carbocycles. The molecular weight excluding hydrogens is 402 g/mol. The van der Waals surface area contributed by atoms with Crippen molar-refractivity contribution in [1.82, 2.24) is 10.2 Å². The number of hydrogen-bond acceptors (Lipinski definition) is 4. The standard InChI is InChI=1S/C23H28ClN3O3/c1-3-30-18-11-9-17(10-12-18)21-8-5-13-27(21)15-23(29)25-14-22(28)26-20-7-4-6-19(24)16(20)2/h4,6-7,9-12,21H,3,5,8,13-15H2,1-2H3,(H,25,29)(H,26,28). The quantitative estimate of drug-likeness (QED) is 0.666. The van der Waals surface area contributed by atoms with Crippen molar-refractivity contribution in [3.8, 4) is 5.75 Å². The lowest BCUT2D eigenvalue weighted by Gasteiger charge is -2.24. The number of likely N-dealkylation sites (tertiary alicyclic amines) is 1. The minimum atomic E-state index is -0.279. The Hall–Kier alpha value is -2.57. The van der Waals surface area contributed by atoms with Crippen LogP contribution in [-0.4, -0.2) is 43.0 Å². The molecular formula is C23H28ClN3O3. The van der Waals surface area contributed by atoms with Crippen LogP contribution in [-0.2, 0) is 9.59 Å². The van der Waals surface area contributed by atoms with Crippen molar-refractivity contribution in [3.05, 3.63) is 58.6 Å². The highest BCUT2D eigenvalue weighted by atomic mass is 35.5. The molecule has 7 heteroatoms. The van der Waals surface area contributed by atoms with E-state index in [0.29, 0.717) is 17.3 Å². The second-order valence-corrected chi connectivity index (χ2v) is 7.78. The molecule has 0 radical (unpaired) electrons. The van der Waals surface area contributed by atoms with Crippen LogP contribution in [0.4, 0.5) is 5.69 Å². The largest absolute Gasteiger partial charge is 0.494 e. The first-order valence-corrected chi connectivity index (χ1v) is 10.6. The molecule has 6 nitrogen and oxygen atoms in total. The smallest absolute Gasteiger partial charge is 0.243 e. The molecule has 1 aliphatic rings. The first-order valence-electron chi connectivity index (χ1n) is 10.3. The van der Waals surface area contributed by atoms with Gasteiger partial charge in [0.25, 0.3) is 0 Å². The summed E-state index contributed by atoms with van der Waals surface area (Å²) in [5.74, 6) is 0.411. The van der Waals surface area contributed by atoms with Crippen molar-refractivity contribution < 1.29 is 14.3 Å². The number of carbonyl (C=O) groups is 2. The monoisotopic (exact) mass is 429 g/mol. The van der Waals surface area contributed by atoms with Crippen molar-refractivity contribution in [1.29, 1.82) is 0 Å². The van der Waals surface area contributed by atoms with Gasteiger partial charge in [-0.2, -0.15) is 0 Å². The van der Waals surface area contributed by atoms with Gasteiger partial charge in [0.1, 0.15) is 5.75 Å². The Balaban J connectivity index is 1.50. The van der Waals surface area contributed by atoms with E-state index in [2.05, 4.69) is 27.7 Å². The zero-order valence-corrected chi connectivity index (χ0v) is 18.2. The van der Waals surface area contributed by atoms with Crippen LogP contribution in [0.25, 0.3) is 0 Å². The number of halogens is 1. The van der Waals surface area contributed by atoms with Gasteiger partial charge in [-0.15, -0.1) is 0 Å². The fraction of sp³-hybridized carbons (Fsp3) is 0.391. The summed E-state index contributed by atoms with van der Waals surface area (Å²) in [7, 11) is 0. The molecule has 2 aromatic rings. The van der Waals surface area contributed by atoms with Gasteiger partial charge < -0.3 is 15.4 Å². The molecule has 1 saturated heterocycles. The van der Waals surface area contributed by atoms with Crippen molar-refractivity contribution in [2.45, 2.75) is 32.7 Å². The summed E-state index contributed by atoms with van der Waals surface area (Å²) in [6.45, 7) is 5.49. The summed E-state index contributed by atoms with van der Waals surface area (Å²) < 4.78 is 5.50. The van der Waals surface area contributed by atoms with Crippen LogP contribution >= 0.6 is 11.6 Å². The third kappa shape index (κ3) is 5.74. The van der Waals surface area contributed by atoms with Crippen LogP contribution in [0, 0.1) is 6.92 Å². The van der Waals surface area contributed by atoms with Gasteiger partial charge in [-0.25, -0.2) is 0 Å². The van der Waals surface area contributed by atoms with E-state index >= 15 is 0 Å². The maximum atomic E-state index is 12.4. The number of hydrogen-bond donors (Lipinski definition) is 2. The molecule has 30 heavy (non-hydrogen) atoms. The average molecular weight is 430 g/mol. The van der Waals surface area contributed by atoms with E-state index in [1.807, 2.05) is 26.0 Å². The van der Waals surface area contributed by atoms with Crippen LogP contribution in [0.15, 0.2) is 42.5 Å². The topological polar surface area (TPSA) is 70.7 Å². The van der Waals surface area contributed by atoms with Gasteiger partial charge in [-0.1, -0.05) is 29.8 Å². The van der Waals surface area contributed by atoms with Crippen LogP contribution in [0.5, 0.6) is 5.75 Å². The summed E-state index contributed by atoms with van der Waals surface area (Å²) in [6.07, 6.45) is 2.05. The summed E-state index contributed by atoms with van der Waals surface area (Å²) in [4.78, 5) is 26.8. The molecule has 1 heterocycles. The molecule has 2 N–H and O–H groups in total. The van der Waals surface area contributed by atoms with Gasteiger partial charge in [0.2, 0.25) is 11.8 Å².